The lowest BCUT2D eigenvalue weighted by molar-refractivity contribution is -0.383. The van der Waals surface area contributed by atoms with Crippen LogP contribution in [0.3, 0.4) is 0 Å². The third-order valence-electron chi connectivity index (χ3n) is 21.2. The number of likely N-dealkylation sites (N-methyl/N-ethyl adjacent to an activating group) is 4. The fraction of sp³-hybridized carbons (Fsp3) is 0.267. The molecule has 0 aliphatic carbocycles. The summed E-state index contributed by atoms with van der Waals surface area (Å²) in [5.41, 5.74) is 7.43. The summed E-state index contributed by atoms with van der Waals surface area (Å²) in [4.78, 5) is 101. The van der Waals surface area contributed by atoms with E-state index in [2.05, 4.69) is 155 Å². The van der Waals surface area contributed by atoms with Crippen LogP contribution in [-0.4, -0.2) is 255 Å². The number of carbonyl (C=O) groups is 2. The molecule has 8 N–H and O–H groups in total. The molecule has 13 aromatic rings. The number of aromatic nitrogens is 16. The van der Waals surface area contributed by atoms with Gasteiger partial charge >= 0.3 is 11.4 Å². The number of fused-ring (bicyclic) bond motifs is 1. The second-order valence-corrected chi connectivity index (χ2v) is 30.8. The number of ketones is 2. The average Bonchev–Trinajstić information content (AvgIpc) is 0.922. The van der Waals surface area contributed by atoms with E-state index in [0.717, 1.165) is 158 Å². The summed E-state index contributed by atoms with van der Waals surface area (Å²) in [5.74, 6) is 8.45. The van der Waals surface area contributed by atoms with Gasteiger partial charge in [0.05, 0.1) is 21.6 Å². The van der Waals surface area contributed by atoms with Gasteiger partial charge in [0.25, 0.3) is 0 Å². The van der Waals surface area contributed by atoms with Gasteiger partial charge in [-0.25, -0.2) is 39.9 Å². The number of Topliss-reactive ketones (excluding diaryl/α,β-unsaturated/α-hetero) is 2. The van der Waals surface area contributed by atoms with Gasteiger partial charge in [-0.05, 0) is 115 Å². The molecule has 4 aliphatic heterocycles. The van der Waals surface area contributed by atoms with Gasteiger partial charge in [0.2, 0.25) is 23.3 Å². The number of benzene rings is 5. The zero-order valence-electron chi connectivity index (χ0n) is 71.4. The molecule has 4 fully saturated rings. The maximum Gasteiger partial charge on any atom is 0.353 e. The molecule has 0 atom stereocenters. The quantitative estimate of drug-likeness (QED) is 0.0158. The SMILES string of the molecule is CC(=O)c1ccc(/C=C/c2nc(Nc3cc(C)[nH]n3)c([N+](=O)[O-])c(N3CCN(C)CC3)n2)cc1.CC(=O)c1ccc(/C=C/c2nc(Nc3cc(C)[nH]n3)c([N+](=O)[O-])c(N3CCN(C)CC3)n2)cc1.CN1CCN(c2cc(Nc3ccn[nH]3)nc(/C=C/c3ccccc3)n2)CC1.CN1CCN(c2cc(Nc3n[nH]c4ccccc34)nc(/C=C/c3ccccc3)n2)CC1. The van der Waals surface area contributed by atoms with Crippen LogP contribution in [0.2, 0.25) is 0 Å². The third kappa shape index (κ3) is 24.0. The van der Waals surface area contributed by atoms with Gasteiger partial charge in [-0.1, -0.05) is 146 Å². The zero-order valence-corrected chi connectivity index (χ0v) is 71.4. The van der Waals surface area contributed by atoms with E-state index in [1.54, 1.807) is 66.9 Å². The van der Waals surface area contributed by atoms with E-state index in [4.69, 9.17) is 15.0 Å². The number of piperazine rings is 4. The smallest absolute Gasteiger partial charge is 0.353 e. The number of nitro groups is 2. The van der Waals surface area contributed by atoms with Gasteiger partial charge in [0.1, 0.15) is 29.1 Å². The lowest BCUT2D eigenvalue weighted by Crippen LogP contribution is -2.45. The molecule has 17 rings (SSSR count). The number of nitrogens with one attached hydrogen (secondary N) is 8. The van der Waals surface area contributed by atoms with Crippen molar-refractivity contribution < 1.29 is 19.4 Å². The molecule has 0 unspecified atom stereocenters. The van der Waals surface area contributed by atoms with E-state index in [1.807, 2.05) is 165 Å². The Morgan fingerprint density at radius 3 is 1.10 bits per heavy atom. The third-order valence-corrected chi connectivity index (χ3v) is 21.2. The maximum atomic E-state index is 12.1. The average molecular weight is 1700 g/mol. The minimum absolute atomic E-state index is 0.00429. The highest BCUT2D eigenvalue weighted by atomic mass is 16.6. The van der Waals surface area contributed by atoms with E-state index in [0.29, 0.717) is 72.2 Å². The second-order valence-electron chi connectivity index (χ2n) is 30.8. The van der Waals surface area contributed by atoms with Crippen molar-refractivity contribution in [2.75, 3.05) is 174 Å². The highest BCUT2D eigenvalue weighted by Crippen LogP contribution is 2.38. The number of para-hydroxylation sites is 1. The van der Waals surface area contributed by atoms with Gasteiger partial charge in [0.15, 0.2) is 52.3 Å². The van der Waals surface area contributed by atoms with Crippen LogP contribution in [0.15, 0.2) is 170 Å². The molecule has 0 bridgehead atoms. The molecule has 8 aromatic heterocycles. The summed E-state index contributed by atoms with van der Waals surface area (Å²) in [5, 5.41) is 66.1. The number of hydrogen-bond acceptors (Lipinski definition) is 30. The molecule has 5 aromatic carbocycles. The molecule has 4 aliphatic rings. The van der Waals surface area contributed by atoms with Crippen molar-refractivity contribution in [3.05, 3.63) is 258 Å². The predicted octanol–water partition coefficient (Wildman–Crippen LogP) is 13.5. The lowest BCUT2D eigenvalue weighted by Gasteiger charge is -2.33. The van der Waals surface area contributed by atoms with Crippen molar-refractivity contribution >= 4 is 152 Å². The van der Waals surface area contributed by atoms with E-state index >= 15 is 0 Å². The number of hydrogen-bond donors (Lipinski definition) is 8. The predicted molar refractivity (Wildman–Crippen MR) is 496 cm³/mol. The van der Waals surface area contributed by atoms with E-state index in [1.165, 1.54) is 13.8 Å². The molecular formula is C90H100N30O6. The van der Waals surface area contributed by atoms with Gasteiger partial charge in [0, 0.05) is 163 Å². The van der Waals surface area contributed by atoms with Crippen molar-refractivity contribution in [3.63, 3.8) is 0 Å². The Hall–Kier alpha value is -15.1. The van der Waals surface area contributed by atoms with Crippen LogP contribution in [-0.2, 0) is 0 Å². The molecule has 126 heavy (non-hydrogen) atoms. The molecule has 646 valence electrons. The van der Waals surface area contributed by atoms with Gasteiger partial charge in [-0.15, -0.1) is 0 Å². The van der Waals surface area contributed by atoms with Crippen molar-refractivity contribution in [3.8, 4) is 0 Å². The topological polar surface area (TPSA) is 412 Å². The van der Waals surface area contributed by atoms with Crippen molar-refractivity contribution in [2.45, 2.75) is 27.7 Å². The summed E-state index contributed by atoms with van der Waals surface area (Å²) in [6, 6.07) is 52.1. The van der Waals surface area contributed by atoms with Crippen LogP contribution >= 0.6 is 0 Å². The molecule has 36 heteroatoms. The summed E-state index contributed by atoms with van der Waals surface area (Å²) >= 11 is 0. The summed E-state index contributed by atoms with van der Waals surface area (Å²) in [6.45, 7) is 20.2. The Morgan fingerprint density at radius 1 is 0.365 bits per heavy atom. The number of nitrogens with zero attached hydrogens (tertiary/aromatic N) is 22. The molecule has 0 radical (unpaired) electrons. The second kappa shape index (κ2) is 41.6. The van der Waals surface area contributed by atoms with Crippen molar-refractivity contribution in [1.29, 1.82) is 0 Å². The summed E-state index contributed by atoms with van der Waals surface area (Å²) < 4.78 is 0. The Bertz CT molecular complexity index is 5790. The standard InChI is InChI=1S/C24H25N7.2C23H26N8O3.C20H23N7/c1-30-13-15-31(16-14-30)23-17-22(27-24-19-9-5-6-10-20(19)28-29-24)25-21(26-23)12-11-18-7-3-2-4-8-18;2*1-15-14-20(28-27-15)25-22-21(31(33)34)23(30-12-10-29(3)11-13-30)26-19(24-22)9-6-17-4-7-18(8-5-17)16(2)32;1-26-11-13-27(14-12-26)20-15-19(23-18-9-10-21-25-18)22-17(24-20)8-7-16-5-3-2-4-6-16/h2-12,17H,13-16H2,1H3,(H2,25,26,27,28,29);2*4-9,14H,10-13H2,1-3H3,(H2,24,25,26,27,28);2-10,15H,11-14H2,1H3,(H2,21,22,23,24,25)/b12-11+;2*9-6+;8-7+. The normalized spacial score (nSPS) is 14.8. The van der Waals surface area contributed by atoms with Crippen LogP contribution in [0.1, 0.15) is 91.5 Å². The Balaban J connectivity index is 0.000000137. The van der Waals surface area contributed by atoms with Gasteiger partial charge in [-0.2, -0.15) is 20.4 Å². The first-order valence-corrected chi connectivity index (χ1v) is 41.3. The Morgan fingerprint density at radius 2 is 0.730 bits per heavy atom. The molecule has 36 nitrogen and oxygen atoms in total. The largest absolute Gasteiger partial charge is 0.354 e. The Kier molecular flexibility index (Phi) is 28.8. The van der Waals surface area contributed by atoms with Crippen molar-refractivity contribution in [1.82, 2.24) is 100 Å². The number of aryl methyl sites for hydroxylation is 2. The molecule has 4 saturated heterocycles. The van der Waals surface area contributed by atoms with Crippen LogP contribution < -0.4 is 40.9 Å². The molecule has 0 spiro atoms. The lowest BCUT2D eigenvalue weighted by atomic mass is 10.1. The van der Waals surface area contributed by atoms with E-state index in [9.17, 15) is 29.8 Å². The number of anilines is 12. The minimum Gasteiger partial charge on any atom is -0.354 e. The van der Waals surface area contributed by atoms with Gasteiger partial charge in [-0.3, -0.25) is 50.2 Å². The number of rotatable bonds is 24. The monoisotopic (exact) mass is 1700 g/mol. The first-order chi connectivity index (χ1) is 61.1. The van der Waals surface area contributed by atoms with Crippen LogP contribution in [0.5, 0.6) is 0 Å². The highest BCUT2D eigenvalue weighted by Gasteiger charge is 2.33. The van der Waals surface area contributed by atoms with E-state index < -0.39 is 9.85 Å². The number of carbonyl (C=O) groups excluding carboxylic acids is 2. The highest BCUT2D eigenvalue weighted by molar-refractivity contribution is 5.95. The van der Waals surface area contributed by atoms with Crippen molar-refractivity contribution in [2.24, 2.45) is 0 Å². The van der Waals surface area contributed by atoms with Crippen LogP contribution in [0.25, 0.3) is 59.5 Å². The zero-order chi connectivity index (χ0) is 88.0. The Labute approximate surface area is 728 Å². The first kappa shape index (κ1) is 87.2. The van der Waals surface area contributed by atoms with Crippen LogP contribution in [0.4, 0.5) is 81.2 Å². The summed E-state index contributed by atoms with van der Waals surface area (Å²) in [7, 11) is 8.34. The van der Waals surface area contributed by atoms with Crippen LogP contribution in [0, 0.1) is 34.1 Å². The minimum atomic E-state index is -0.455. The van der Waals surface area contributed by atoms with E-state index in [-0.39, 0.29) is 46.2 Å². The first-order valence-electron chi connectivity index (χ1n) is 41.3. The fourth-order valence-corrected chi connectivity index (χ4v) is 14.0. The van der Waals surface area contributed by atoms with Gasteiger partial charge < -0.3 is 60.5 Å². The number of H-pyrrole nitrogens is 4. The molecular weight excluding hydrogens is 1600 g/mol. The molecule has 0 amide bonds. The number of aromatic amines is 4. The maximum absolute atomic E-state index is 12.1. The summed E-state index contributed by atoms with van der Waals surface area (Å²) in [6.07, 6.45) is 16.7. The molecule has 12 heterocycles. The molecule has 0 saturated carbocycles. The fourth-order valence-electron chi connectivity index (χ4n) is 14.0.